The van der Waals surface area contributed by atoms with Crippen LogP contribution in [-0.2, 0) is 4.74 Å². The minimum absolute atomic E-state index is 0.0306. The number of aromatic nitrogens is 1. The number of halogens is 2. The third-order valence-electron chi connectivity index (χ3n) is 2.57. The molecule has 1 aromatic heterocycles. The Bertz CT molecular complexity index is 388. The van der Waals surface area contributed by atoms with Gasteiger partial charge in [0.25, 0.3) is 0 Å². The molecule has 0 fully saturated rings. The van der Waals surface area contributed by atoms with Gasteiger partial charge < -0.3 is 15.4 Å². The maximum absolute atomic E-state index is 13.4. The van der Waals surface area contributed by atoms with Crippen LogP contribution in [0.5, 0.6) is 0 Å². The van der Waals surface area contributed by atoms with Crippen molar-refractivity contribution in [2.24, 2.45) is 0 Å². The minimum Gasteiger partial charge on any atom is -0.381 e. The first-order chi connectivity index (χ1) is 9.19. The quantitative estimate of drug-likeness (QED) is 0.679. The number of ether oxygens (including phenoxy) is 1. The predicted octanol–water partition coefficient (Wildman–Crippen LogP) is 3.02. The fourth-order valence-corrected chi connectivity index (χ4v) is 1.50. The Morgan fingerprint density at radius 2 is 1.84 bits per heavy atom. The lowest BCUT2D eigenvalue weighted by atomic mass is 10.3. The van der Waals surface area contributed by atoms with Crippen LogP contribution in [0.1, 0.15) is 26.2 Å². The summed E-state index contributed by atoms with van der Waals surface area (Å²) in [5, 5.41) is 5.40. The zero-order valence-electron chi connectivity index (χ0n) is 11.4. The molecule has 0 atom stereocenters. The van der Waals surface area contributed by atoms with Crippen molar-refractivity contribution >= 4 is 11.6 Å². The van der Waals surface area contributed by atoms with Gasteiger partial charge in [0.05, 0.1) is 0 Å². The highest BCUT2D eigenvalue weighted by atomic mass is 19.1. The van der Waals surface area contributed by atoms with Gasteiger partial charge in [0.2, 0.25) is 0 Å². The third-order valence-corrected chi connectivity index (χ3v) is 2.57. The van der Waals surface area contributed by atoms with Crippen molar-refractivity contribution in [3.63, 3.8) is 0 Å². The smallest absolute Gasteiger partial charge is 0.168 e. The Balaban J connectivity index is 2.33. The number of hydrogen-bond acceptors (Lipinski definition) is 4. The summed E-state index contributed by atoms with van der Waals surface area (Å²) in [6.07, 6.45) is 2.90. The van der Waals surface area contributed by atoms with Crippen LogP contribution < -0.4 is 10.6 Å². The zero-order chi connectivity index (χ0) is 14.1. The first-order valence-corrected chi connectivity index (χ1v) is 6.54. The second kappa shape index (κ2) is 8.63. The lowest BCUT2D eigenvalue weighted by molar-refractivity contribution is 0.131. The van der Waals surface area contributed by atoms with Crippen molar-refractivity contribution in [2.75, 3.05) is 37.4 Å². The Hall–Kier alpha value is -1.43. The average molecular weight is 273 g/mol. The molecule has 0 aliphatic heterocycles. The first kappa shape index (κ1) is 15.6. The van der Waals surface area contributed by atoms with Crippen LogP contribution in [-0.4, -0.2) is 31.8 Å². The van der Waals surface area contributed by atoms with Gasteiger partial charge in [-0.3, -0.25) is 0 Å². The number of nitrogens with one attached hydrogen (secondary N) is 2. The molecule has 108 valence electrons. The monoisotopic (exact) mass is 273 g/mol. The summed E-state index contributed by atoms with van der Waals surface area (Å²) in [6, 6.07) is 0.818. The highest BCUT2D eigenvalue weighted by Crippen LogP contribution is 2.18. The molecule has 4 nitrogen and oxygen atoms in total. The molecule has 0 aliphatic rings. The fourth-order valence-electron chi connectivity index (χ4n) is 1.50. The van der Waals surface area contributed by atoms with Gasteiger partial charge in [-0.25, -0.2) is 13.8 Å². The standard InChI is InChI=1S/C13H21F2N3O/c1-3-4-7-19-8-5-6-17-13-11(15)9-10(14)12(16-2)18-13/h9H,3-8H2,1-2H3,(H2,16,17,18). The van der Waals surface area contributed by atoms with Crippen LogP contribution >= 0.6 is 0 Å². The summed E-state index contributed by atoms with van der Waals surface area (Å²) in [6.45, 7) is 4.01. The Labute approximate surface area is 112 Å². The maximum Gasteiger partial charge on any atom is 0.168 e. The molecule has 0 aliphatic carbocycles. The van der Waals surface area contributed by atoms with E-state index in [1.807, 2.05) is 0 Å². The minimum atomic E-state index is -0.701. The number of anilines is 2. The van der Waals surface area contributed by atoms with Gasteiger partial charge in [-0.2, -0.15) is 0 Å². The van der Waals surface area contributed by atoms with E-state index in [1.165, 1.54) is 7.05 Å². The number of unbranched alkanes of at least 4 members (excludes halogenated alkanes) is 1. The SMILES string of the molecule is CCCCOCCCNc1nc(NC)c(F)cc1F. The van der Waals surface area contributed by atoms with E-state index >= 15 is 0 Å². The molecular weight excluding hydrogens is 252 g/mol. The highest BCUT2D eigenvalue weighted by Gasteiger charge is 2.10. The van der Waals surface area contributed by atoms with Crippen molar-refractivity contribution in [3.05, 3.63) is 17.7 Å². The molecular formula is C13H21F2N3O. The molecule has 2 N–H and O–H groups in total. The topological polar surface area (TPSA) is 46.2 Å². The van der Waals surface area contributed by atoms with Crippen LogP contribution in [0.3, 0.4) is 0 Å². The number of rotatable bonds is 9. The van der Waals surface area contributed by atoms with Gasteiger partial charge in [-0.05, 0) is 12.8 Å². The maximum atomic E-state index is 13.4. The highest BCUT2D eigenvalue weighted by molar-refractivity contribution is 5.47. The number of hydrogen-bond donors (Lipinski definition) is 2. The Kier molecular flexibility index (Phi) is 7.10. The predicted molar refractivity (Wildman–Crippen MR) is 72.5 cm³/mol. The number of pyridine rings is 1. The van der Waals surface area contributed by atoms with Gasteiger partial charge >= 0.3 is 0 Å². The molecule has 0 saturated carbocycles. The van der Waals surface area contributed by atoms with Crippen molar-refractivity contribution < 1.29 is 13.5 Å². The molecule has 1 aromatic rings. The number of nitrogens with zero attached hydrogens (tertiary/aromatic N) is 1. The summed E-state index contributed by atoms with van der Waals surface area (Å²) >= 11 is 0. The van der Waals surface area contributed by atoms with E-state index < -0.39 is 11.6 Å². The van der Waals surface area contributed by atoms with Crippen molar-refractivity contribution in [1.29, 1.82) is 0 Å². The van der Waals surface area contributed by atoms with Crippen molar-refractivity contribution in [2.45, 2.75) is 26.2 Å². The van der Waals surface area contributed by atoms with Gasteiger partial charge in [0, 0.05) is 32.9 Å². The normalized spacial score (nSPS) is 10.5. The molecule has 0 unspecified atom stereocenters. The molecule has 0 spiro atoms. The lowest BCUT2D eigenvalue weighted by Gasteiger charge is -2.09. The van der Waals surface area contributed by atoms with Crippen LogP contribution in [0.25, 0.3) is 0 Å². The molecule has 0 bridgehead atoms. The van der Waals surface area contributed by atoms with Crippen LogP contribution in [0.2, 0.25) is 0 Å². The van der Waals surface area contributed by atoms with E-state index in [2.05, 4.69) is 22.5 Å². The lowest BCUT2D eigenvalue weighted by Crippen LogP contribution is -2.10. The molecule has 0 amide bonds. The first-order valence-electron chi connectivity index (χ1n) is 6.54. The molecule has 1 rings (SSSR count). The molecule has 6 heteroatoms. The van der Waals surface area contributed by atoms with E-state index in [0.717, 1.165) is 31.9 Å². The second-order valence-corrected chi connectivity index (χ2v) is 4.15. The van der Waals surface area contributed by atoms with Crippen LogP contribution in [0.15, 0.2) is 6.07 Å². The van der Waals surface area contributed by atoms with E-state index in [9.17, 15) is 8.78 Å². The van der Waals surface area contributed by atoms with Gasteiger partial charge in [0.15, 0.2) is 23.3 Å². The second-order valence-electron chi connectivity index (χ2n) is 4.15. The van der Waals surface area contributed by atoms with E-state index in [-0.39, 0.29) is 11.6 Å². The molecule has 0 saturated heterocycles. The van der Waals surface area contributed by atoms with E-state index in [1.54, 1.807) is 0 Å². The van der Waals surface area contributed by atoms with E-state index in [0.29, 0.717) is 13.2 Å². The van der Waals surface area contributed by atoms with E-state index in [4.69, 9.17) is 4.74 Å². The van der Waals surface area contributed by atoms with Crippen molar-refractivity contribution in [3.8, 4) is 0 Å². The largest absolute Gasteiger partial charge is 0.381 e. The summed E-state index contributed by atoms with van der Waals surface area (Å²) in [7, 11) is 1.54. The van der Waals surface area contributed by atoms with Gasteiger partial charge in [-0.1, -0.05) is 13.3 Å². The summed E-state index contributed by atoms with van der Waals surface area (Å²) < 4.78 is 32.0. The third kappa shape index (κ3) is 5.38. The van der Waals surface area contributed by atoms with Gasteiger partial charge in [-0.15, -0.1) is 0 Å². The fraction of sp³-hybridized carbons (Fsp3) is 0.615. The average Bonchev–Trinajstić information content (AvgIpc) is 2.40. The Morgan fingerprint density at radius 3 is 2.53 bits per heavy atom. The summed E-state index contributed by atoms with van der Waals surface area (Å²) in [4.78, 5) is 3.82. The van der Waals surface area contributed by atoms with Gasteiger partial charge in [0.1, 0.15) is 0 Å². The van der Waals surface area contributed by atoms with Crippen LogP contribution in [0.4, 0.5) is 20.4 Å². The Morgan fingerprint density at radius 1 is 1.16 bits per heavy atom. The molecule has 19 heavy (non-hydrogen) atoms. The van der Waals surface area contributed by atoms with Crippen molar-refractivity contribution in [1.82, 2.24) is 4.98 Å². The molecule has 0 aromatic carbocycles. The van der Waals surface area contributed by atoms with Crippen LogP contribution in [0, 0.1) is 11.6 Å². The molecule has 0 radical (unpaired) electrons. The molecule has 1 heterocycles. The summed E-state index contributed by atoms with van der Waals surface area (Å²) in [5.41, 5.74) is 0. The summed E-state index contributed by atoms with van der Waals surface area (Å²) in [5.74, 6) is -1.31. The zero-order valence-corrected chi connectivity index (χ0v) is 11.4.